The SMILES string of the molecule is CCCCCCCCCCCC/C=C\CC(=O)O. The second-order valence-electron chi connectivity index (χ2n) is 5.04. The monoisotopic (exact) mass is 254 g/mol. The van der Waals surface area contributed by atoms with Crippen molar-refractivity contribution < 1.29 is 9.90 Å². The molecule has 0 aromatic heterocycles. The van der Waals surface area contributed by atoms with Crippen LogP contribution in [0.4, 0.5) is 0 Å². The quantitative estimate of drug-likeness (QED) is 0.356. The first-order chi connectivity index (χ1) is 8.77. The molecule has 2 heteroatoms. The zero-order chi connectivity index (χ0) is 13.5. The van der Waals surface area contributed by atoms with Gasteiger partial charge < -0.3 is 5.11 Å². The molecule has 0 amide bonds. The number of carboxylic acids is 1. The van der Waals surface area contributed by atoms with Crippen LogP contribution in [0.25, 0.3) is 0 Å². The molecule has 0 aliphatic rings. The van der Waals surface area contributed by atoms with E-state index in [1.54, 1.807) is 6.08 Å². The summed E-state index contributed by atoms with van der Waals surface area (Å²) in [5.74, 6) is -0.741. The Morgan fingerprint density at radius 1 is 0.833 bits per heavy atom. The van der Waals surface area contributed by atoms with Gasteiger partial charge in [-0.1, -0.05) is 76.9 Å². The van der Waals surface area contributed by atoms with E-state index in [-0.39, 0.29) is 6.42 Å². The summed E-state index contributed by atoms with van der Waals surface area (Å²) in [6.07, 6.45) is 18.5. The van der Waals surface area contributed by atoms with Gasteiger partial charge in [-0.2, -0.15) is 0 Å². The van der Waals surface area contributed by atoms with Gasteiger partial charge in [0, 0.05) is 0 Å². The van der Waals surface area contributed by atoms with E-state index in [4.69, 9.17) is 5.11 Å². The lowest BCUT2D eigenvalue weighted by Gasteiger charge is -2.01. The molecule has 0 atom stereocenters. The fraction of sp³-hybridized carbons (Fsp3) is 0.812. The van der Waals surface area contributed by atoms with E-state index in [0.717, 1.165) is 6.42 Å². The molecular weight excluding hydrogens is 224 g/mol. The van der Waals surface area contributed by atoms with Crippen LogP contribution in [0.2, 0.25) is 0 Å². The lowest BCUT2D eigenvalue weighted by atomic mass is 10.1. The lowest BCUT2D eigenvalue weighted by Crippen LogP contribution is -1.89. The lowest BCUT2D eigenvalue weighted by molar-refractivity contribution is -0.136. The van der Waals surface area contributed by atoms with Gasteiger partial charge in [-0.3, -0.25) is 4.79 Å². The first kappa shape index (κ1) is 17.2. The average molecular weight is 254 g/mol. The zero-order valence-corrected chi connectivity index (χ0v) is 12.0. The van der Waals surface area contributed by atoms with Crippen molar-refractivity contribution in [2.24, 2.45) is 0 Å². The van der Waals surface area contributed by atoms with Gasteiger partial charge in [-0.15, -0.1) is 0 Å². The molecule has 0 bridgehead atoms. The van der Waals surface area contributed by atoms with Crippen LogP contribution in [0.5, 0.6) is 0 Å². The third kappa shape index (κ3) is 15.2. The van der Waals surface area contributed by atoms with E-state index in [9.17, 15) is 4.79 Å². The Morgan fingerprint density at radius 2 is 1.33 bits per heavy atom. The van der Waals surface area contributed by atoms with E-state index in [1.807, 2.05) is 6.08 Å². The second-order valence-corrected chi connectivity index (χ2v) is 5.04. The van der Waals surface area contributed by atoms with Crippen LogP contribution >= 0.6 is 0 Å². The normalized spacial score (nSPS) is 11.2. The van der Waals surface area contributed by atoms with Crippen molar-refractivity contribution in [3.8, 4) is 0 Å². The summed E-state index contributed by atoms with van der Waals surface area (Å²) in [7, 11) is 0. The summed E-state index contributed by atoms with van der Waals surface area (Å²) >= 11 is 0. The number of rotatable bonds is 13. The molecule has 0 aliphatic carbocycles. The molecule has 0 rings (SSSR count). The van der Waals surface area contributed by atoms with Crippen LogP contribution in [-0.2, 0) is 4.79 Å². The van der Waals surface area contributed by atoms with E-state index in [1.165, 1.54) is 64.2 Å². The maximum absolute atomic E-state index is 10.2. The number of unbranched alkanes of at least 4 members (excludes halogenated alkanes) is 10. The highest BCUT2D eigenvalue weighted by molar-refractivity contribution is 5.68. The van der Waals surface area contributed by atoms with Crippen LogP contribution in [-0.4, -0.2) is 11.1 Å². The Hall–Kier alpha value is -0.790. The Kier molecular flexibility index (Phi) is 13.6. The third-order valence-corrected chi connectivity index (χ3v) is 3.18. The summed E-state index contributed by atoms with van der Waals surface area (Å²) in [4.78, 5) is 10.2. The topological polar surface area (TPSA) is 37.3 Å². The van der Waals surface area contributed by atoms with E-state index < -0.39 is 5.97 Å². The van der Waals surface area contributed by atoms with Crippen LogP contribution in [0.3, 0.4) is 0 Å². The molecule has 0 saturated heterocycles. The summed E-state index contributed by atoms with van der Waals surface area (Å²) in [6, 6.07) is 0. The Labute approximate surface area is 112 Å². The van der Waals surface area contributed by atoms with Gasteiger partial charge in [0.25, 0.3) is 0 Å². The van der Waals surface area contributed by atoms with Crippen LogP contribution in [0.15, 0.2) is 12.2 Å². The Balaban J connectivity index is 3.03. The number of carbonyl (C=O) groups is 1. The van der Waals surface area contributed by atoms with Gasteiger partial charge in [0.1, 0.15) is 0 Å². The average Bonchev–Trinajstić information content (AvgIpc) is 2.34. The predicted molar refractivity (Wildman–Crippen MR) is 77.9 cm³/mol. The maximum atomic E-state index is 10.2. The highest BCUT2D eigenvalue weighted by Gasteiger charge is 1.92. The highest BCUT2D eigenvalue weighted by Crippen LogP contribution is 2.11. The van der Waals surface area contributed by atoms with Gasteiger partial charge in [-0.05, 0) is 12.8 Å². The minimum absolute atomic E-state index is 0.164. The van der Waals surface area contributed by atoms with E-state index >= 15 is 0 Å². The van der Waals surface area contributed by atoms with Gasteiger partial charge in [0.05, 0.1) is 6.42 Å². The van der Waals surface area contributed by atoms with Crippen molar-refractivity contribution in [3.63, 3.8) is 0 Å². The maximum Gasteiger partial charge on any atom is 0.307 e. The number of hydrogen-bond acceptors (Lipinski definition) is 1. The molecule has 1 N–H and O–H groups in total. The first-order valence-electron chi connectivity index (χ1n) is 7.64. The molecule has 0 saturated carbocycles. The molecular formula is C16H30O2. The molecule has 0 aromatic carbocycles. The van der Waals surface area contributed by atoms with Crippen molar-refractivity contribution in [3.05, 3.63) is 12.2 Å². The number of hydrogen-bond donors (Lipinski definition) is 1. The first-order valence-corrected chi connectivity index (χ1v) is 7.64. The van der Waals surface area contributed by atoms with Gasteiger partial charge in [-0.25, -0.2) is 0 Å². The highest BCUT2D eigenvalue weighted by atomic mass is 16.4. The van der Waals surface area contributed by atoms with Crippen molar-refractivity contribution in [1.29, 1.82) is 0 Å². The summed E-state index contributed by atoms with van der Waals surface area (Å²) < 4.78 is 0. The molecule has 0 spiro atoms. The fourth-order valence-corrected chi connectivity index (χ4v) is 2.05. The molecule has 0 radical (unpaired) electrons. The number of carboxylic acid groups (broad SMARTS) is 1. The van der Waals surface area contributed by atoms with Gasteiger partial charge in [0.2, 0.25) is 0 Å². The molecule has 0 heterocycles. The minimum Gasteiger partial charge on any atom is -0.481 e. The summed E-state index contributed by atoms with van der Waals surface area (Å²) in [6.45, 7) is 2.25. The van der Waals surface area contributed by atoms with Gasteiger partial charge >= 0.3 is 5.97 Å². The standard InChI is InChI=1S/C16H30O2/c1-2-3-4-5-6-7-8-9-10-11-12-13-14-15-16(17)18/h13-14H,2-12,15H2,1H3,(H,17,18)/b14-13-. The smallest absolute Gasteiger partial charge is 0.307 e. The molecule has 2 nitrogen and oxygen atoms in total. The molecule has 0 aliphatic heterocycles. The van der Waals surface area contributed by atoms with Gasteiger partial charge in [0.15, 0.2) is 0 Å². The van der Waals surface area contributed by atoms with Crippen LogP contribution in [0.1, 0.15) is 84.0 Å². The van der Waals surface area contributed by atoms with Crippen molar-refractivity contribution in [1.82, 2.24) is 0 Å². The molecule has 0 aromatic rings. The Bertz CT molecular complexity index is 209. The third-order valence-electron chi connectivity index (χ3n) is 3.18. The fourth-order valence-electron chi connectivity index (χ4n) is 2.05. The largest absolute Gasteiger partial charge is 0.481 e. The molecule has 0 fully saturated rings. The predicted octanol–water partition coefficient (Wildman–Crippen LogP) is 5.33. The van der Waals surface area contributed by atoms with E-state index in [2.05, 4.69) is 6.92 Å². The zero-order valence-electron chi connectivity index (χ0n) is 12.0. The van der Waals surface area contributed by atoms with Crippen molar-refractivity contribution in [2.45, 2.75) is 84.0 Å². The number of aliphatic carboxylic acids is 1. The molecule has 0 unspecified atom stereocenters. The number of allylic oxidation sites excluding steroid dienone is 1. The van der Waals surface area contributed by atoms with Crippen molar-refractivity contribution in [2.75, 3.05) is 0 Å². The van der Waals surface area contributed by atoms with Crippen molar-refractivity contribution >= 4 is 5.97 Å². The molecule has 106 valence electrons. The van der Waals surface area contributed by atoms with E-state index in [0.29, 0.717) is 0 Å². The summed E-state index contributed by atoms with van der Waals surface area (Å²) in [5.41, 5.74) is 0. The molecule has 18 heavy (non-hydrogen) atoms. The minimum atomic E-state index is -0.741. The summed E-state index contributed by atoms with van der Waals surface area (Å²) in [5, 5.41) is 8.44. The van der Waals surface area contributed by atoms with Crippen LogP contribution < -0.4 is 0 Å². The Morgan fingerprint density at radius 3 is 1.83 bits per heavy atom. The van der Waals surface area contributed by atoms with Crippen LogP contribution in [0, 0.1) is 0 Å². The second kappa shape index (κ2) is 14.3.